The molecule has 0 radical (unpaired) electrons. The van der Waals surface area contributed by atoms with Gasteiger partial charge in [0.15, 0.2) is 0 Å². The second-order valence-corrected chi connectivity index (χ2v) is 20.6. The van der Waals surface area contributed by atoms with Crippen LogP contribution < -0.4 is 24.8 Å². The number of methoxy groups -OCH3 is 1. The molecule has 21 heteroatoms. The zero-order valence-corrected chi connectivity index (χ0v) is 36.7. The summed E-state index contributed by atoms with van der Waals surface area (Å²) in [6.45, 7) is 5.99. The van der Waals surface area contributed by atoms with Gasteiger partial charge in [-0.05, 0) is 81.8 Å². The number of amides is 4. The maximum Gasteiger partial charge on any atom is 0.428 e. The van der Waals surface area contributed by atoms with Gasteiger partial charge in [-0.1, -0.05) is 40.5 Å². The molecule has 7 rings (SSSR count). The number of sulfonamides is 1. The number of fused-ring (bicyclic) bond motifs is 5. The highest BCUT2D eigenvalue weighted by molar-refractivity contribution is 7.91. The van der Waals surface area contributed by atoms with E-state index >= 15 is 13.2 Å². The van der Waals surface area contributed by atoms with Gasteiger partial charge in [-0.3, -0.25) is 19.1 Å². The number of benzene rings is 1. The van der Waals surface area contributed by atoms with Crippen molar-refractivity contribution >= 4 is 44.9 Å². The summed E-state index contributed by atoms with van der Waals surface area (Å²) in [7, 11) is -2.75. The zero-order chi connectivity index (χ0) is 45.9. The van der Waals surface area contributed by atoms with E-state index in [4.69, 9.17) is 24.2 Å². The third-order valence-electron chi connectivity index (χ3n) is 13.4. The van der Waals surface area contributed by atoms with E-state index in [2.05, 4.69) is 10.6 Å². The molecule has 2 aromatic rings. The highest BCUT2D eigenvalue weighted by Crippen LogP contribution is 2.52. The Balaban J connectivity index is 1.31. The number of nitrogens with zero attached hydrogens (tertiary/aromatic N) is 3. The lowest BCUT2D eigenvalue weighted by Crippen LogP contribution is -2.62. The fraction of sp³-hybridized carbons (Fsp3) is 0.714. The summed E-state index contributed by atoms with van der Waals surface area (Å²) in [6, 6.07) is 1.86. The smallest absolute Gasteiger partial charge is 0.428 e. The van der Waals surface area contributed by atoms with E-state index in [-0.39, 0.29) is 57.4 Å². The third kappa shape index (κ3) is 9.08. The van der Waals surface area contributed by atoms with E-state index < -0.39 is 117 Å². The quantitative estimate of drug-likeness (QED) is 0.274. The van der Waals surface area contributed by atoms with Crippen LogP contribution in [0.15, 0.2) is 18.2 Å². The maximum atomic E-state index is 15.1. The van der Waals surface area contributed by atoms with Gasteiger partial charge >= 0.3 is 12.3 Å². The Kier molecular flexibility index (Phi) is 12.6. The Morgan fingerprint density at radius 3 is 2.37 bits per heavy atom. The number of hydrogen-bond donors (Lipinski definition) is 3. The van der Waals surface area contributed by atoms with Gasteiger partial charge in [0.05, 0.1) is 35.9 Å². The topological polar surface area (TPSA) is 195 Å². The van der Waals surface area contributed by atoms with Gasteiger partial charge in [0, 0.05) is 17.9 Å². The van der Waals surface area contributed by atoms with Crippen molar-refractivity contribution in [2.45, 2.75) is 152 Å². The van der Waals surface area contributed by atoms with Gasteiger partial charge in [0.1, 0.15) is 35.2 Å². The summed E-state index contributed by atoms with van der Waals surface area (Å²) >= 11 is 0. The Bertz CT molecular complexity index is 2220. The highest BCUT2D eigenvalue weighted by Gasteiger charge is 2.68. The van der Waals surface area contributed by atoms with Crippen molar-refractivity contribution < 1.29 is 63.8 Å². The number of alkyl carbamates (subject to hydrolysis) is 1. The second kappa shape index (κ2) is 17.1. The number of carbonyl (C=O) groups is 4. The van der Waals surface area contributed by atoms with Crippen molar-refractivity contribution in [2.24, 2.45) is 23.2 Å². The average Bonchev–Trinajstić information content (AvgIpc) is 4.11. The van der Waals surface area contributed by atoms with Crippen molar-refractivity contribution in [3.8, 4) is 11.6 Å². The number of ether oxygens (including phenoxy) is 3. The molecule has 3 N–H and O–H groups in total. The van der Waals surface area contributed by atoms with Crippen LogP contribution in [0.25, 0.3) is 11.0 Å². The van der Waals surface area contributed by atoms with Crippen LogP contribution in [0.2, 0.25) is 0 Å². The number of aryl methyl sites for hydroxylation is 1. The molecule has 8 unspecified atom stereocenters. The third-order valence-corrected chi connectivity index (χ3v) is 15.2. The monoisotopic (exact) mass is 914 g/mol. The molecule has 8 atom stereocenters. The molecular formula is C42H55F5N6O9S. The number of nitrogens with one attached hydrogen (secondary N) is 3. The van der Waals surface area contributed by atoms with Gasteiger partial charge in [-0.25, -0.2) is 32.0 Å². The van der Waals surface area contributed by atoms with Crippen molar-refractivity contribution in [2.75, 3.05) is 13.7 Å². The normalized spacial score (nSPS) is 30.9. The van der Waals surface area contributed by atoms with Crippen molar-refractivity contribution in [1.29, 1.82) is 0 Å². The van der Waals surface area contributed by atoms with Gasteiger partial charge < -0.3 is 29.7 Å². The molecule has 2 aliphatic heterocycles. The predicted octanol–water partition coefficient (Wildman–Crippen LogP) is 5.73. The summed E-state index contributed by atoms with van der Waals surface area (Å²) in [5.74, 6) is -6.56. The van der Waals surface area contributed by atoms with Crippen molar-refractivity contribution in [3.05, 3.63) is 23.9 Å². The standard InChI is InChI=1S/C42H55F5N6O9S/c1-6-25-30-21-53(31(25)34(54)51-40(20-26(40)33(43)44)37(56)52-63(58,59)24-15-16-24)36(55)32(39(2,3)4)50-38(57)62-41(42(45,46)47)18-10-12-22(41)11-8-7-9-13-28-35(61-30)49-29-19-23(60-5)14-17-27(29)48-28/h14,17,19,22,24-26,30-33H,6-13,15-16,18,20-21H2,1-5H3,(H,50,57)(H,51,54)(H,52,56). The Morgan fingerprint density at radius 2 is 1.75 bits per heavy atom. The number of aromatic nitrogens is 2. The van der Waals surface area contributed by atoms with E-state index in [1.54, 1.807) is 45.9 Å². The number of halogens is 5. The van der Waals surface area contributed by atoms with E-state index in [1.807, 2.05) is 4.72 Å². The van der Waals surface area contributed by atoms with E-state index in [0.717, 1.165) is 4.90 Å². The van der Waals surface area contributed by atoms with Crippen LogP contribution in [-0.2, 0) is 35.6 Å². The molecule has 5 aliphatic rings. The minimum absolute atomic E-state index is 0.0656. The molecule has 15 nitrogen and oxygen atoms in total. The summed E-state index contributed by atoms with van der Waals surface area (Å²) in [6.07, 6.45) is -8.95. The van der Waals surface area contributed by atoms with E-state index in [9.17, 15) is 36.4 Å². The lowest BCUT2D eigenvalue weighted by atomic mass is 9.85. The van der Waals surface area contributed by atoms with Crippen LogP contribution >= 0.6 is 0 Å². The number of carbonyl (C=O) groups excluding carboxylic acids is 4. The van der Waals surface area contributed by atoms with Gasteiger partial charge in [-0.2, -0.15) is 13.2 Å². The molecule has 3 saturated carbocycles. The summed E-state index contributed by atoms with van der Waals surface area (Å²) in [4.78, 5) is 67.8. The molecule has 348 valence electrons. The van der Waals surface area contributed by atoms with E-state index in [1.165, 1.54) is 7.11 Å². The molecule has 3 heterocycles. The second-order valence-electron chi connectivity index (χ2n) is 18.7. The molecule has 1 saturated heterocycles. The van der Waals surface area contributed by atoms with Crippen LogP contribution in [0, 0.1) is 23.2 Å². The Hall–Kier alpha value is -4.56. The molecule has 4 amide bonds. The molecule has 2 bridgehead atoms. The van der Waals surface area contributed by atoms with Crippen LogP contribution in [0.4, 0.5) is 26.7 Å². The Labute approximate surface area is 362 Å². The number of alkyl halides is 5. The van der Waals surface area contributed by atoms with Gasteiger partial charge in [0.2, 0.25) is 39.7 Å². The number of rotatable bonds is 8. The SMILES string of the molecule is CCC1C2CN(C(=O)C(C(C)(C)C)NC(=O)OC3(C(F)(F)F)CCCC3CCCCCc3nc4ccc(OC)cc4nc3O2)C1C(=O)NC1(C(=O)NS(=O)(=O)C2CC2)CC1C(F)F. The summed E-state index contributed by atoms with van der Waals surface area (Å²) in [5, 5.41) is 3.92. The minimum atomic E-state index is -4.94. The first-order chi connectivity index (χ1) is 29.5. The lowest BCUT2D eigenvalue weighted by molar-refractivity contribution is -0.271. The minimum Gasteiger partial charge on any atom is -0.497 e. The summed E-state index contributed by atoms with van der Waals surface area (Å²) < 4.78 is 119. The van der Waals surface area contributed by atoms with Crippen molar-refractivity contribution in [1.82, 2.24) is 30.2 Å². The Morgan fingerprint density at radius 1 is 1.03 bits per heavy atom. The largest absolute Gasteiger partial charge is 0.497 e. The maximum absolute atomic E-state index is 15.1. The fourth-order valence-corrected chi connectivity index (χ4v) is 11.0. The molecule has 3 aliphatic carbocycles. The lowest BCUT2D eigenvalue weighted by Gasteiger charge is -2.39. The van der Waals surface area contributed by atoms with Crippen LogP contribution in [0.5, 0.6) is 11.6 Å². The molecule has 1 aromatic heterocycles. The highest BCUT2D eigenvalue weighted by atomic mass is 32.2. The van der Waals surface area contributed by atoms with E-state index in [0.29, 0.717) is 41.7 Å². The van der Waals surface area contributed by atoms with Crippen LogP contribution in [0.1, 0.15) is 104 Å². The average molecular weight is 915 g/mol. The van der Waals surface area contributed by atoms with Crippen LogP contribution in [0.3, 0.4) is 0 Å². The summed E-state index contributed by atoms with van der Waals surface area (Å²) in [5.41, 5.74) is -5.08. The molecule has 4 fully saturated rings. The zero-order valence-electron chi connectivity index (χ0n) is 35.9. The molecule has 63 heavy (non-hydrogen) atoms. The fourth-order valence-electron chi connectivity index (χ4n) is 9.64. The first-order valence-corrected chi connectivity index (χ1v) is 23.1. The van der Waals surface area contributed by atoms with Crippen LogP contribution in [-0.4, -0.2) is 108 Å². The molecule has 1 aromatic carbocycles. The predicted molar refractivity (Wildman–Crippen MR) is 216 cm³/mol. The number of hydrogen-bond acceptors (Lipinski definition) is 11. The molecular weight excluding hydrogens is 860 g/mol. The van der Waals surface area contributed by atoms with Gasteiger partial charge in [-0.15, -0.1) is 0 Å². The first-order valence-electron chi connectivity index (χ1n) is 21.6. The first kappa shape index (κ1) is 46.4. The molecule has 0 spiro atoms. The van der Waals surface area contributed by atoms with Gasteiger partial charge in [0.25, 0.3) is 5.91 Å². The van der Waals surface area contributed by atoms with Crippen molar-refractivity contribution in [3.63, 3.8) is 0 Å².